The fourth-order valence-electron chi connectivity index (χ4n) is 3.83. The second-order valence-electron chi connectivity index (χ2n) is 7.22. The number of amides is 1. The van der Waals surface area contributed by atoms with Crippen LogP contribution in [0.25, 0.3) is 0 Å². The van der Waals surface area contributed by atoms with Gasteiger partial charge in [-0.15, -0.1) is 0 Å². The molecule has 0 unspecified atom stereocenters. The van der Waals surface area contributed by atoms with Crippen molar-refractivity contribution in [3.05, 3.63) is 28.8 Å². The number of rotatable bonds is 5. The van der Waals surface area contributed by atoms with Gasteiger partial charge in [-0.05, 0) is 63.6 Å². The summed E-state index contributed by atoms with van der Waals surface area (Å²) < 4.78 is 5.72. The van der Waals surface area contributed by atoms with Gasteiger partial charge in [0, 0.05) is 0 Å². The summed E-state index contributed by atoms with van der Waals surface area (Å²) in [5, 5.41) is 2.99. The van der Waals surface area contributed by atoms with Gasteiger partial charge in [0.05, 0.1) is 38.0 Å². The lowest BCUT2D eigenvalue weighted by Crippen LogP contribution is -2.52. The molecule has 0 radical (unpaired) electrons. The van der Waals surface area contributed by atoms with E-state index in [1.165, 1.54) is 32.8 Å². The molecule has 1 aliphatic rings. The van der Waals surface area contributed by atoms with E-state index in [-0.39, 0.29) is 5.91 Å². The van der Waals surface area contributed by atoms with E-state index in [1.807, 2.05) is 19.9 Å². The number of quaternary nitrogens is 1. The summed E-state index contributed by atoms with van der Waals surface area (Å²) in [4.78, 5) is 24.9. The standard InChI is InChI=1S/C20H30N2O3/c1-5-22(10-8-6-7-9-11-22)14-18(23)21-19-16(3)12-15(2)13-17(19)20(24)25-4/h12-13H,5-11,14H2,1-4H3/p+1. The number of benzene rings is 1. The molecule has 0 saturated carbocycles. The predicted octanol–water partition coefficient (Wildman–Crippen LogP) is 3.44. The Bertz CT molecular complexity index is 632. The van der Waals surface area contributed by atoms with E-state index in [2.05, 4.69) is 12.2 Å². The molecule has 0 atom stereocenters. The molecule has 5 nitrogen and oxygen atoms in total. The van der Waals surface area contributed by atoms with Gasteiger partial charge in [-0.1, -0.05) is 6.07 Å². The van der Waals surface area contributed by atoms with Crippen LogP contribution in [-0.4, -0.2) is 49.6 Å². The molecule has 5 heteroatoms. The number of likely N-dealkylation sites (tertiary alicyclic amines) is 1. The fraction of sp³-hybridized carbons (Fsp3) is 0.600. The highest BCUT2D eigenvalue weighted by Crippen LogP contribution is 2.25. The number of aryl methyl sites for hydroxylation is 2. The molecule has 0 aliphatic carbocycles. The Kier molecular flexibility index (Phi) is 6.59. The second-order valence-corrected chi connectivity index (χ2v) is 7.22. The topological polar surface area (TPSA) is 55.4 Å². The summed E-state index contributed by atoms with van der Waals surface area (Å²) in [6.45, 7) is 9.54. The van der Waals surface area contributed by atoms with Crippen LogP contribution in [-0.2, 0) is 9.53 Å². The third-order valence-electron chi connectivity index (χ3n) is 5.31. The molecule has 1 fully saturated rings. The first-order valence-electron chi connectivity index (χ1n) is 9.25. The Morgan fingerprint density at radius 2 is 1.76 bits per heavy atom. The van der Waals surface area contributed by atoms with Gasteiger partial charge in [0.2, 0.25) is 0 Å². The molecule has 1 saturated heterocycles. The maximum Gasteiger partial charge on any atom is 0.339 e. The van der Waals surface area contributed by atoms with Gasteiger partial charge in [0.15, 0.2) is 6.54 Å². The zero-order valence-corrected chi connectivity index (χ0v) is 16.0. The van der Waals surface area contributed by atoms with Crippen LogP contribution in [0.15, 0.2) is 12.1 Å². The number of carbonyl (C=O) groups excluding carboxylic acids is 2. The Balaban J connectivity index is 2.21. The second kappa shape index (κ2) is 8.48. The molecule has 138 valence electrons. The SMILES string of the molecule is CC[N+]1(CC(=O)Nc2c(C)cc(C)cc2C(=O)OC)CCCCCC1. The fourth-order valence-corrected chi connectivity index (χ4v) is 3.83. The van der Waals surface area contributed by atoms with E-state index in [9.17, 15) is 9.59 Å². The van der Waals surface area contributed by atoms with Crippen molar-refractivity contribution in [1.82, 2.24) is 0 Å². The van der Waals surface area contributed by atoms with Crippen molar-refractivity contribution in [1.29, 1.82) is 0 Å². The number of ether oxygens (including phenoxy) is 1. The largest absolute Gasteiger partial charge is 0.465 e. The number of nitrogens with one attached hydrogen (secondary N) is 1. The van der Waals surface area contributed by atoms with Gasteiger partial charge >= 0.3 is 5.97 Å². The van der Waals surface area contributed by atoms with Crippen molar-refractivity contribution in [3.8, 4) is 0 Å². The highest BCUT2D eigenvalue weighted by molar-refractivity contribution is 6.02. The summed E-state index contributed by atoms with van der Waals surface area (Å²) in [6, 6.07) is 3.74. The monoisotopic (exact) mass is 347 g/mol. The van der Waals surface area contributed by atoms with Crippen LogP contribution in [0.1, 0.15) is 54.1 Å². The predicted molar refractivity (Wildman–Crippen MR) is 99.8 cm³/mol. The quantitative estimate of drug-likeness (QED) is 0.656. The normalized spacial score (nSPS) is 16.8. The summed E-state index contributed by atoms with van der Waals surface area (Å²) in [5.41, 5.74) is 2.85. The number of methoxy groups -OCH3 is 1. The maximum absolute atomic E-state index is 12.8. The van der Waals surface area contributed by atoms with E-state index in [0.717, 1.165) is 35.2 Å². The van der Waals surface area contributed by atoms with Crippen molar-refractivity contribution in [2.24, 2.45) is 0 Å². The average Bonchev–Trinajstić information content (AvgIpc) is 2.82. The third kappa shape index (κ3) is 4.82. The van der Waals surface area contributed by atoms with E-state index in [1.54, 1.807) is 6.07 Å². The molecule has 0 aromatic heterocycles. The summed E-state index contributed by atoms with van der Waals surface area (Å²) in [5.74, 6) is -0.447. The van der Waals surface area contributed by atoms with Crippen LogP contribution in [0.3, 0.4) is 0 Å². The number of nitrogens with zero attached hydrogens (tertiary/aromatic N) is 1. The summed E-state index contributed by atoms with van der Waals surface area (Å²) >= 11 is 0. The Morgan fingerprint density at radius 1 is 1.12 bits per heavy atom. The molecule has 0 bridgehead atoms. The van der Waals surface area contributed by atoms with Gasteiger partial charge in [0.1, 0.15) is 0 Å². The van der Waals surface area contributed by atoms with Gasteiger partial charge in [-0.3, -0.25) is 4.79 Å². The molecule has 1 amide bonds. The zero-order chi connectivity index (χ0) is 18.4. The molecule has 1 aliphatic heterocycles. The Hall–Kier alpha value is -1.88. The lowest BCUT2D eigenvalue weighted by Gasteiger charge is -2.36. The number of carbonyl (C=O) groups is 2. The molecule has 1 N–H and O–H groups in total. The van der Waals surface area contributed by atoms with E-state index < -0.39 is 5.97 Å². The highest BCUT2D eigenvalue weighted by Gasteiger charge is 2.30. The van der Waals surface area contributed by atoms with Crippen LogP contribution in [0.2, 0.25) is 0 Å². The maximum atomic E-state index is 12.8. The van der Waals surface area contributed by atoms with Crippen LogP contribution in [0, 0.1) is 13.8 Å². The number of hydrogen-bond acceptors (Lipinski definition) is 3. The zero-order valence-electron chi connectivity index (χ0n) is 16.0. The van der Waals surface area contributed by atoms with Crippen molar-refractivity contribution in [2.45, 2.75) is 46.5 Å². The lowest BCUT2D eigenvalue weighted by molar-refractivity contribution is -0.918. The van der Waals surface area contributed by atoms with Crippen LogP contribution in [0.5, 0.6) is 0 Å². The smallest absolute Gasteiger partial charge is 0.339 e. The molecule has 25 heavy (non-hydrogen) atoms. The molecule has 1 aromatic rings. The van der Waals surface area contributed by atoms with E-state index in [4.69, 9.17) is 4.74 Å². The molecule has 1 aromatic carbocycles. The van der Waals surface area contributed by atoms with Gasteiger partial charge in [0.25, 0.3) is 5.91 Å². The Morgan fingerprint density at radius 3 is 2.32 bits per heavy atom. The van der Waals surface area contributed by atoms with E-state index >= 15 is 0 Å². The van der Waals surface area contributed by atoms with Crippen molar-refractivity contribution in [2.75, 3.05) is 38.6 Å². The van der Waals surface area contributed by atoms with Gasteiger partial charge in [-0.2, -0.15) is 0 Å². The summed E-state index contributed by atoms with van der Waals surface area (Å²) in [6.07, 6.45) is 4.87. The first-order chi connectivity index (χ1) is 11.9. The van der Waals surface area contributed by atoms with Crippen molar-refractivity contribution < 1.29 is 18.8 Å². The van der Waals surface area contributed by atoms with Crippen molar-refractivity contribution >= 4 is 17.6 Å². The van der Waals surface area contributed by atoms with Crippen LogP contribution in [0.4, 0.5) is 5.69 Å². The first-order valence-corrected chi connectivity index (χ1v) is 9.25. The number of anilines is 1. The minimum atomic E-state index is -0.420. The van der Waals surface area contributed by atoms with Gasteiger partial charge < -0.3 is 14.5 Å². The molecule has 0 spiro atoms. The minimum Gasteiger partial charge on any atom is -0.465 e. The first kappa shape index (κ1) is 19.4. The molecule has 2 rings (SSSR count). The average molecular weight is 347 g/mol. The van der Waals surface area contributed by atoms with Crippen molar-refractivity contribution in [3.63, 3.8) is 0 Å². The molecular formula is C20H31N2O3+. The number of hydrogen-bond donors (Lipinski definition) is 1. The summed E-state index contributed by atoms with van der Waals surface area (Å²) in [7, 11) is 1.36. The third-order valence-corrected chi connectivity index (χ3v) is 5.31. The number of likely N-dealkylation sites (N-methyl/N-ethyl adjacent to an activating group) is 1. The molecule has 1 heterocycles. The minimum absolute atomic E-state index is 0.0270. The van der Waals surface area contributed by atoms with Gasteiger partial charge in [-0.25, -0.2) is 4.79 Å². The Labute approximate surface area is 150 Å². The highest BCUT2D eigenvalue weighted by atomic mass is 16.5. The van der Waals surface area contributed by atoms with E-state index in [0.29, 0.717) is 17.8 Å². The lowest BCUT2D eigenvalue weighted by atomic mass is 10.0. The van der Waals surface area contributed by atoms with Crippen LogP contribution < -0.4 is 5.32 Å². The number of esters is 1. The van der Waals surface area contributed by atoms with Crippen LogP contribution >= 0.6 is 0 Å². The molecular weight excluding hydrogens is 316 g/mol.